The van der Waals surface area contributed by atoms with E-state index in [4.69, 9.17) is 11.6 Å². The number of hydrogen-bond donors (Lipinski definition) is 0. The molecule has 0 aliphatic rings. The maximum absolute atomic E-state index is 13.3. The Morgan fingerprint density at radius 2 is 2.26 bits per heavy atom. The highest BCUT2D eigenvalue weighted by Gasteiger charge is 2.12. The Morgan fingerprint density at radius 3 is 2.95 bits per heavy atom. The van der Waals surface area contributed by atoms with Crippen molar-refractivity contribution in [2.45, 2.75) is 31.6 Å². The van der Waals surface area contributed by atoms with Gasteiger partial charge in [0.1, 0.15) is 11.6 Å². The Balaban J connectivity index is 2.34. The first-order chi connectivity index (χ1) is 9.15. The standard InChI is InChI=1S/C14H18ClFN2S/c1-10(19-2)6-8-18-13-4-3-11(16)9-12(13)17-14(18)5-7-15/h3-4,9-10H,5-8H2,1-2H3. The van der Waals surface area contributed by atoms with Crippen LogP contribution in [0.1, 0.15) is 19.2 Å². The van der Waals surface area contributed by atoms with E-state index in [0.717, 1.165) is 29.8 Å². The summed E-state index contributed by atoms with van der Waals surface area (Å²) < 4.78 is 15.4. The molecule has 0 amide bonds. The molecular weight excluding hydrogens is 283 g/mol. The molecule has 0 fully saturated rings. The van der Waals surface area contributed by atoms with Crippen molar-refractivity contribution in [1.82, 2.24) is 9.55 Å². The van der Waals surface area contributed by atoms with Crippen LogP contribution in [-0.2, 0) is 13.0 Å². The van der Waals surface area contributed by atoms with Crippen molar-refractivity contribution >= 4 is 34.4 Å². The summed E-state index contributed by atoms with van der Waals surface area (Å²) in [6.45, 7) is 3.11. The lowest BCUT2D eigenvalue weighted by Gasteiger charge is -2.12. The second-order valence-electron chi connectivity index (χ2n) is 4.59. The van der Waals surface area contributed by atoms with Gasteiger partial charge in [-0.25, -0.2) is 9.37 Å². The predicted octanol–water partition coefficient (Wildman–Crippen LogP) is 4.10. The Morgan fingerprint density at radius 1 is 1.47 bits per heavy atom. The van der Waals surface area contributed by atoms with Crippen LogP contribution in [0.2, 0.25) is 0 Å². The SMILES string of the molecule is CSC(C)CCn1c(CCCl)nc2cc(F)ccc21. The minimum absolute atomic E-state index is 0.243. The highest BCUT2D eigenvalue weighted by molar-refractivity contribution is 7.99. The van der Waals surface area contributed by atoms with Crippen LogP contribution in [0.5, 0.6) is 0 Å². The number of nitrogens with zero attached hydrogens (tertiary/aromatic N) is 2. The van der Waals surface area contributed by atoms with Gasteiger partial charge in [0.15, 0.2) is 0 Å². The molecule has 1 unspecified atom stereocenters. The molecule has 1 atom stereocenters. The molecule has 0 saturated heterocycles. The molecule has 0 aliphatic carbocycles. The summed E-state index contributed by atoms with van der Waals surface area (Å²) in [5.41, 5.74) is 1.71. The zero-order valence-electron chi connectivity index (χ0n) is 11.2. The van der Waals surface area contributed by atoms with Crippen LogP contribution in [0, 0.1) is 5.82 Å². The molecule has 2 aromatic rings. The molecule has 0 bridgehead atoms. The average Bonchev–Trinajstić information content (AvgIpc) is 2.73. The van der Waals surface area contributed by atoms with E-state index in [1.807, 2.05) is 11.8 Å². The monoisotopic (exact) mass is 300 g/mol. The summed E-state index contributed by atoms with van der Waals surface area (Å²) in [5, 5.41) is 0.599. The maximum Gasteiger partial charge on any atom is 0.125 e. The Bertz CT molecular complexity index is 556. The number of halogens is 2. The number of aryl methyl sites for hydroxylation is 2. The molecule has 104 valence electrons. The van der Waals surface area contributed by atoms with Gasteiger partial charge in [0.25, 0.3) is 0 Å². The normalized spacial score (nSPS) is 13.1. The summed E-state index contributed by atoms with van der Waals surface area (Å²) in [6.07, 6.45) is 3.90. The van der Waals surface area contributed by atoms with Crippen LogP contribution in [0.3, 0.4) is 0 Å². The minimum Gasteiger partial charge on any atom is -0.328 e. The Labute approximate surface area is 122 Å². The second kappa shape index (κ2) is 6.62. The average molecular weight is 301 g/mol. The number of fused-ring (bicyclic) bond motifs is 1. The van der Waals surface area contributed by atoms with Crippen LogP contribution in [0.4, 0.5) is 4.39 Å². The second-order valence-corrected chi connectivity index (χ2v) is 6.24. The molecule has 0 N–H and O–H groups in total. The van der Waals surface area contributed by atoms with E-state index in [1.54, 1.807) is 6.07 Å². The van der Waals surface area contributed by atoms with Crippen molar-refractivity contribution in [2.75, 3.05) is 12.1 Å². The van der Waals surface area contributed by atoms with Crippen LogP contribution in [0.15, 0.2) is 18.2 Å². The summed E-state index contributed by atoms with van der Waals surface area (Å²) in [5.74, 6) is 1.24. The summed E-state index contributed by atoms with van der Waals surface area (Å²) in [4.78, 5) is 4.50. The Hall–Kier alpha value is -0.740. The first-order valence-corrected chi connectivity index (χ1v) is 8.21. The van der Waals surface area contributed by atoms with Gasteiger partial charge < -0.3 is 4.57 Å². The van der Waals surface area contributed by atoms with Crippen LogP contribution in [0.25, 0.3) is 11.0 Å². The first kappa shape index (κ1) is 14.7. The third-order valence-electron chi connectivity index (χ3n) is 3.27. The van der Waals surface area contributed by atoms with Crippen molar-refractivity contribution in [1.29, 1.82) is 0 Å². The number of thioether (sulfide) groups is 1. The van der Waals surface area contributed by atoms with E-state index in [-0.39, 0.29) is 5.82 Å². The van der Waals surface area contributed by atoms with Gasteiger partial charge in [-0.1, -0.05) is 6.92 Å². The summed E-state index contributed by atoms with van der Waals surface area (Å²) in [7, 11) is 0. The molecule has 0 spiro atoms. The molecule has 0 aliphatic heterocycles. The van der Waals surface area contributed by atoms with Gasteiger partial charge >= 0.3 is 0 Å². The largest absolute Gasteiger partial charge is 0.328 e. The van der Waals surface area contributed by atoms with Gasteiger partial charge in [-0.05, 0) is 24.8 Å². The van der Waals surface area contributed by atoms with Gasteiger partial charge in [0, 0.05) is 30.2 Å². The van der Waals surface area contributed by atoms with E-state index >= 15 is 0 Å². The topological polar surface area (TPSA) is 17.8 Å². The lowest BCUT2D eigenvalue weighted by atomic mass is 10.3. The van der Waals surface area contributed by atoms with E-state index in [2.05, 4.69) is 22.7 Å². The van der Waals surface area contributed by atoms with Gasteiger partial charge in [0.05, 0.1) is 11.0 Å². The molecule has 2 rings (SSSR count). The fraction of sp³-hybridized carbons (Fsp3) is 0.500. The molecule has 19 heavy (non-hydrogen) atoms. The molecule has 0 radical (unpaired) electrons. The van der Waals surface area contributed by atoms with Gasteiger partial charge in [0.2, 0.25) is 0 Å². The van der Waals surface area contributed by atoms with Crippen molar-refractivity contribution < 1.29 is 4.39 Å². The molecule has 1 heterocycles. The first-order valence-electron chi connectivity index (χ1n) is 6.39. The van der Waals surface area contributed by atoms with Crippen LogP contribution in [-0.4, -0.2) is 26.9 Å². The highest BCUT2D eigenvalue weighted by Crippen LogP contribution is 2.20. The number of imidazole rings is 1. The van der Waals surface area contributed by atoms with Crippen molar-refractivity contribution in [3.05, 3.63) is 29.8 Å². The van der Waals surface area contributed by atoms with Crippen LogP contribution < -0.4 is 0 Å². The molecule has 1 aromatic heterocycles. The van der Waals surface area contributed by atoms with Crippen LogP contribution >= 0.6 is 23.4 Å². The summed E-state index contributed by atoms with van der Waals surface area (Å²) >= 11 is 7.68. The number of alkyl halides is 1. The smallest absolute Gasteiger partial charge is 0.125 e. The zero-order valence-corrected chi connectivity index (χ0v) is 12.8. The summed E-state index contributed by atoms with van der Waals surface area (Å²) in [6, 6.07) is 4.78. The van der Waals surface area contributed by atoms with E-state index in [0.29, 0.717) is 17.6 Å². The van der Waals surface area contributed by atoms with Crippen molar-refractivity contribution in [3.8, 4) is 0 Å². The van der Waals surface area contributed by atoms with Crippen molar-refractivity contribution in [3.63, 3.8) is 0 Å². The third-order valence-corrected chi connectivity index (χ3v) is 4.50. The number of rotatable bonds is 6. The lowest BCUT2D eigenvalue weighted by molar-refractivity contribution is 0.624. The molecule has 1 aromatic carbocycles. The van der Waals surface area contributed by atoms with Gasteiger partial charge in [-0.15, -0.1) is 11.6 Å². The fourth-order valence-corrected chi connectivity index (χ4v) is 2.62. The van der Waals surface area contributed by atoms with Gasteiger partial charge in [-0.3, -0.25) is 0 Å². The molecule has 0 saturated carbocycles. The maximum atomic E-state index is 13.3. The Kier molecular flexibility index (Phi) is 5.11. The number of benzene rings is 1. The molecule has 2 nitrogen and oxygen atoms in total. The fourth-order valence-electron chi connectivity index (χ4n) is 2.11. The number of aromatic nitrogens is 2. The zero-order chi connectivity index (χ0) is 13.8. The van der Waals surface area contributed by atoms with E-state index in [9.17, 15) is 4.39 Å². The lowest BCUT2D eigenvalue weighted by Crippen LogP contribution is -2.08. The van der Waals surface area contributed by atoms with E-state index < -0.39 is 0 Å². The minimum atomic E-state index is -0.243. The predicted molar refractivity (Wildman–Crippen MR) is 81.7 cm³/mol. The molecule has 5 heteroatoms. The highest BCUT2D eigenvalue weighted by atomic mass is 35.5. The quantitative estimate of drug-likeness (QED) is 0.748. The third kappa shape index (κ3) is 3.42. The van der Waals surface area contributed by atoms with E-state index in [1.165, 1.54) is 12.1 Å². The van der Waals surface area contributed by atoms with Gasteiger partial charge in [-0.2, -0.15) is 11.8 Å². The number of hydrogen-bond acceptors (Lipinski definition) is 2. The molecular formula is C14H18ClFN2S. The van der Waals surface area contributed by atoms with Crippen molar-refractivity contribution in [2.24, 2.45) is 0 Å².